The molecule has 0 aliphatic heterocycles. The van der Waals surface area contributed by atoms with Gasteiger partial charge in [0.1, 0.15) is 23.5 Å². The van der Waals surface area contributed by atoms with E-state index in [1.54, 1.807) is 36.4 Å². The predicted octanol–water partition coefficient (Wildman–Crippen LogP) is 2.31. The number of carboxylic acid groups (broad SMARTS) is 2. The minimum atomic E-state index is -1.47. The van der Waals surface area contributed by atoms with E-state index < -0.39 is 47.7 Å². The topological polar surface area (TPSA) is 253 Å². The SMILES string of the molecule is COC(=O)[C@H](CCC(=O)N[C@@H](CC(Cc1ccccc1)C(=O)O)C(=O)O)NC(=O)c1ccc(CCCc2c[nH]c3nc(N)nc(N)c23)s1. The predicted molar refractivity (Wildman–Crippen MR) is 177 cm³/mol. The molecule has 0 aliphatic rings. The fourth-order valence-electron chi connectivity index (χ4n) is 5.27. The molecule has 16 heteroatoms. The molecule has 3 aromatic heterocycles. The van der Waals surface area contributed by atoms with Crippen molar-refractivity contribution in [3.8, 4) is 0 Å². The highest BCUT2D eigenvalue weighted by atomic mass is 32.1. The first-order valence-electron chi connectivity index (χ1n) is 15.1. The van der Waals surface area contributed by atoms with E-state index in [2.05, 4.69) is 25.6 Å². The van der Waals surface area contributed by atoms with E-state index in [-0.39, 0.29) is 31.6 Å². The molecule has 3 atom stereocenters. The Labute approximate surface area is 279 Å². The molecular formula is C32H37N7O8S. The highest BCUT2D eigenvalue weighted by Gasteiger charge is 2.30. The summed E-state index contributed by atoms with van der Waals surface area (Å²) in [5.74, 6) is -5.29. The molecule has 4 rings (SSSR count). The second-order valence-corrected chi connectivity index (χ2v) is 12.3. The smallest absolute Gasteiger partial charge is 0.328 e. The van der Waals surface area contributed by atoms with Crippen LogP contribution in [0.5, 0.6) is 0 Å². The van der Waals surface area contributed by atoms with Crippen molar-refractivity contribution < 1.29 is 38.9 Å². The number of aromatic amines is 1. The summed E-state index contributed by atoms with van der Waals surface area (Å²) in [7, 11) is 1.15. The summed E-state index contributed by atoms with van der Waals surface area (Å²) in [6.45, 7) is 0. The number of carbonyl (C=O) groups is 5. The molecule has 15 nitrogen and oxygen atoms in total. The lowest BCUT2D eigenvalue weighted by Gasteiger charge is -2.20. The van der Waals surface area contributed by atoms with E-state index in [1.165, 1.54) is 11.3 Å². The average molecular weight is 680 g/mol. The minimum absolute atomic E-state index is 0.0846. The first-order valence-corrected chi connectivity index (χ1v) is 15.9. The van der Waals surface area contributed by atoms with E-state index >= 15 is 0 Å². The number of ether oxygens (including phenoxy) is 1. The van der Waals surface area contributed by atoms with Gasteiger partial charge in [0.05, 0.1) is 23.3 Å². The number of nitrogens with one attached hydrogen (secondary N) is 3. The van der Waals surface area contributed by atoms with Gasteiger partial charge in [-0.15, -0.1) is 11.3 Å². The monoisotopic (exact) mass is 679 g/mol. The number of carboxylic acids is 2. The fourth-order valence-corrected chi connectivity index (χ4v) is 6.22. The van der Waals surface area contributed by atoms with Crippen molar-refractivity contribution in [3.05, 3.63) is 69.5 Å². The van der Waals surface area contributed by atoms with Crippen molar-refractivity contribution in [1.82, 2.24) is 25.6 Å². The number of aryl methyl sites for hydroxylation is 2. The number of rotatable bonds is 17. The van der Waals surface area contributed by atoms with E-state index in [0.29, 0.717) is 34.7 Å². The summed E-state index contributed by atoms with van der Waals surface area (Å²) in [5, 5.41) is 25.0. The Hall–Kier alpha value is -5.51. The van der Waals surface area contributed by atoms with Gasteiger partial charge in [-0.2, -0.15) is 9.97 Å². The molecule has 0 bridgehead atoms. The number of amides is 2. The zero-order chi connectivity index (χ0) is 34.8. The summed E-state index contributed by atoms with van der Waals surface area (Å²) in [6.07, 6.45) is 3.14. The Morgan fingerprint density at radius 3 is 2.40 bits per heavy atom. The largest absolute Gasteiger partial charge is 0.481 e. The van der Waals surface area contributed by atoms with Gasteiger partial charge in [0, 0.05) is 17.5 Å². The zero-order valence-corrected chi connectivity index (χ0v) is 26.9. The second-order valence-electron chi connectivity index (χ2n) is 11.1. The van der Waals surface area contributed by atoms with Crippen LogP contribution in [0.1, 0.15) is 51.4 Å². The first kappa shape index (κ1) is 35.3. The van der Waals surface area contributed by atoms with Crippen molar-refractivity contribution >= 4 is 63.9 Å². The maximum Gasteiger partial charge on any atom is 0.328 e. The minimum Gasteiger partial charge on any atom is -0.481 e. The molecule has 254 valence electrons. The second kappa shape index (κ2) is 16.4. The Morgan fingerprint density at radius 1 is 0.958 bits per heavy atom. The Morgan fingerprint density at radius 2 is 1.71 bits per heavy atom. The standard InChI is InChI=1S/C32H37N7O8S/c1-47-31(46)21(11-13-24(40)36-22(30(44)45)15-19(29(42)43)14-17-6-3-2-4-7-17)37-28(41)23-12-10-20(48-23)9-5-8-18-16-35-27-25(18)26(33)38-32(34)39-27/h2-4,6-7,10,12,16,19,21-22H,5,8-9,11,13-15H2,1H3,(H,36,40)(H,37,41)(H,42,43)(H,44,45)(H5,33,34,35,38,39)/t19?,21-,22-/m0/s1. The van der Waals surface area contributed by atoms with Gasteiger partial charge in [0.15, 0.2) is 0 Å². The first-order chi connectivity index (χ1) is 22.9. The number of nitrogens with zero attached hydrogens (tertiary/aromatic N) is 2. The maximum absolute atomic E-state index is 13.0. The maximum atomic E-state index is 13.0. The number of nitrogens with two attached hydrogens (primary N) is 2. The van der Waals surface area contributed by atoms with Gasteiger partial charge in [-0.25, -0.2) is 9.59 Å². The molecule has 1 aromatic carbocycles. The number of methoxy groups -OCH3 is 1. The molecule has 0 spiro atoms. The van der Waals surface area contributed by atoms with Crippen LogP contribution in [-0.2, 0) is 43.2 Å². The molecule has 0 radical (unpaired) electrons. The third-order valence-electron chi connectivity index (χ3n) is 7.69. The zero-order valence-electron chi connectivity index (χ0n) is 26.1. The number of esters is 1. The third-order valence-corrected chi connectivity index (χ3v) is 8.84. The van der Waals surface area contributed by atoms with Crippen molar-refractivity contribution in [1.29, 1.82) is 0 Å². The number of benzene rings is 1. The van der Waals surface area contributed by atoms with Crippen molar-refractivity contribution in [3.63, 3.8) is 0 Å². The van der Waals surface area contributed by atoms with Crippen LogP contribution < -0.4 is 22.1 Å². The number of fused-ring (bicyclic) bond motifs is 1. The lowest BCUT2D eigenvalue weighted by Crippen LogP contribution is -2.45. The van der Waals surface area contributed by atoms with Crippen LogP contribution in [0.3, 0.4) is 0 Å². The highest BCUT2D eigenvalue weighted by Crippen LogP contribution is 2.25. The lowest BCUT2D eigenvalue weighted by molar-refractivity contribution is -0.146. The summed E-state index contributed by atoms with van der Waals surface area (Å²) in [4.78, 5) is 74.5. The summed E-state index contributed by atoms with van der Waals surface area (Å²) < 4.78 is 4.81. The van der Waals surface area contributed by atoms with Gasteiger partial charge in [0.25, 0.3) is 5.91 Å². The highest BCUT2D eigenvalue weighted by molar-refractivity contribution is 7.14. The van der Waals surface area contributed by atoms with Crippen molar-refractivity contribution in [2.45, 2.75) is 57.0 Å². The van der Waals surface area contributed by atoms with Crippen LogP contribution in [0.2, 0.25) is 0 Å². The molecule has 0 fully saturated rings. The summed E-state index contributed by atoms with van der Waals surface area (Å²) in [6, 6.07) is 9.55. The molecule has 3 heterocycles. The van der Waals surface area contributed by atoms with Gasteiger partial charge in [-0.3, -0.25) is 14.4 Å². The van der Waals surface area contributed by atoms with Crippen molar-refractivity contribution in [2.24, 2.45) is 5.92 Å². The van der Waals surface area contributed by atoms with Crippen LogP contribution in [0, 0.1) is 5.92 Å². The number of carbonyl (C=O) groups excluding carboxylic acids is 3. The van der Waals surface area contributed by atoms with E-state index in [4.69, 9.17) is 16.2 Å². The summed E-state index contributed by atoms with van der Waals surface area (Å²) in [5.41, 5.74) is 13.9. The van der Waals surface area contributed by atoms with Gasteiger partial charge < -0.3 is 42.0 Å². The number of hydrogen-bond donors (Lipinski definition) is 7. The Balaban J connectivity index is 1.29. The number of hydrogen-bond acceptors (Lipinski definition) is 11. The number of anilines is 2. The molecule has 0 saturated carbocycles. The number of aromatic nitrogens is 3. The molecule has 4 aromatic rings. The van der Waals surface area contributed by atoms with E-state index in [0.717, 1.165) is 29.4 Å². The quantitative estimate of drug-likeness (QED) is 0.0794. The summed E-state index contributed by atoms with van der Waals surface area (Å²) >= 11 is 1.26. The van der Waals surface area contributed by atoms with Gasteiger partial charge in [-0.05, 0) is 61.8 Å². The Bertz CT molecular complexity index is 1770. The number of thiophene rings is 1. The van der Waals surface area contributed by atoms with Crippen LogP contribution in [0.15, 0.2) is 48.7 Å². The fraction of sp³-hybridized carbons (Fsp3) is 0.344. The number of nitrogen functional groups attached to an aromatic ring is 2. The van der Waals surface area contributed by atoms with E-state index in [9.17, 15) is 34.2 Å². The molecule has 0 saturated heterocycles. The third kappa shape index (κ3) is 9.51. The normalized spacial score (nSPS) is 12.9. The molecular weight excluding hydrogens is 642 g/mol. The number of aliphatic carboxylic acids is 2. The van der Waals surface area contributed by atoms with Crippen LogP contribution in [-0.4, -0.2) is 74.1 Å². The lowest BCUT2D eigenvalue weighted by atomic mass is 9.92. The van der Waals surface area contributed by atoms with Crippen LogP contribution >= 0.6 is 11.3 Å². The van der Waals surface area contributed by atoms with Crippen LogP contribution in [0.25, 0.3) is 11.0 Å². The van der Waals surface area contributed by atoms with Crippen LogP contribution in [0.4, 0.5) is 11.8 Å². The number of H-pyrrole nitrogens is 1. The van der Waals surface area contributed by atoms with Crippen molar-refractivity contribution in [2.75, 3.05) is 18.6 Å². The molecule has 48 heavy (non-hydrogen) atoms. The molecule has 1 unspecified atom stereocenters. The molecule has 2 amide bonds. The average Bonchev–Trinajstić information content (AvgIpc) is 3.69. The molecule has 9 N–H and O–H groups in total. The van der Waals surface area contributed by atoms with Gasteiger partial charge in [-0.1, -0.05) is 30.3 Å². The van der Waals surface area contributed by atoms with Gasteiger partial charge >= 0.3 is 17.9 Å². The Kier molecular flexibility index (Phi) is 12.0. The van der Waals surface area contributed by atoms with Gasteiger partial charge in [0.2, 0.25) is 11.9 Å². The molecule has 0 aliphatic carbocycles. The van der Waals surface area contributed by atoms with E-state index in [1.807, 2.05) is 12.3 Å².